The largest absolute Gasteiger partial charge is 0.490 e. The lowest BCUT2D eigenvalue weighted by molar-refractivity contribution is -0.192. The fourth-order valence-corrected chi connectivity index (χ4v) is 4.35. The number of nitrogens with zero attached hydrogens (tertiary/aromatic N) is 2. The van der Waals surface area contributed by atoms with Crippen LogP contribution in [0.4, 0.5) is 18.0 Å². The number of pyridine rings is 1. The van der Waals surface area contributed by atoms with Gasteiger partial charge < -0.3 is 24.8 Å². The number of aromatic nitrogens is 1. The zero-order valence-electron chi connectivity index (χ0n) is 23.9. The SMILES string of the molecule is Cc1cc(COc2ccc(C(=O)N[C@@H]3CN(C(=O)OC(C)C)C[C@@H]3C(=O)NO)cc2)c2ccccc2n1.O=C(O)C(F)(F)F. The summed E-state index contributed by atoms with van der Waals surface area (Å²) in [4.78, 5) is 52.1. The minimum Gasteiger partial charge on any atom is -0.489 e. The molecule has 4 rings (SSSR count). The number of hydrogen-bond acceptors (Lipinski definition) is 8. The second-order valence-electron chi connectivity index (χ2n) is 10.1. The van der Waals surface area contributed by atoms with E-state index in [4.69, 9.17) is 24.6 Å². The number of carboxylic acid groups (broad SMARTS) is 1. The van der Waals surface area contributed by atoms with Gasteiger partial charge in [-0.05, 0) is 57.2 Å². The van der Waals surface area contributed by atoms with Crippen LogP contribution in [-0.2, 0) is 20.9 Å². The van der Waals surface area contributed by atoms with Crippen molar-refractivity contribution in [2.75, 3.05) is 13.1 Å². The number of likely N-dealkylation sites (tertiary alicyclic amines) is 1. The van der Waals surface area contributed by atoms with E-state index >= 15 is 0 Å². The first-order chi connectivity index (χ1) is 20.7. The first-order valence-electron chi connectivity index (χ1n) is 13.3. The zero-order chi connectivity index (χ0) is 32.6. The molecule has 2 aromatic carbocycles. The van der Waals surface area contributed by atoms with Crippen molar-refractivity contribution in [1.29, 1.82) is 0 Å². The van der Waals surface area contributed by atoms with Gasteiger partial charge in [-0.3, -0.25) is 19.8 Å². The molecule has 0 saturated carbocycles. The number of rotatable bonds is 7. The number of fused-ring (bicyclic) bond motifs is 1. The highest BCUT2D eigenvalue weighted by atomic mass is 19.4. The molecule has 2 heterocycles. The summed E-state index contributed by atoms with van der Waals surface area (Å²) in [6.45, 7) is 5.82. The van der Waals surface area contributed by atoms with Crippen LogP contribution < -0.4 is 15.5 Å². The van der Waals surface area contributed by atoms with Crippen molar-refractivity contribution in [3.8, 4) is 5.75 Å². The van der Waals surface area contributed by atoms with E-state index in [1.165, 1.54) is 4.90 Å². The number of benzene rings is 2. The second kappa shape index (κ2) is 14.5. The average Bonchev–Trinajstić information content (AvgIpc) is 3.39. The van der Waals surface area contributed by atoms with Crippen LogP contribution in [0.25, 0.3) is 10.9 Å². The number of carboxylic acids is 1. The standard InChI is InChI=1S/C27H30N4O6.C2HF3O2/c1-16(2)37-27(34)31-13-22(26(33)30-35)24(14-31)29-25(32)18-8-10-20(11-9-18)36-15-19-12-17(3)28-23-7-5-4-6-21(19)23;3-2(4,5)1(6)7/h4-12,16,22,24,35H,13-15H2,1-3H3,(H,29,32)(H,30,33);(H,6,7)/t22-,24+;/m0./s1. The highest BCUT2D eigenvalue weighted by molar-refractivity contribution is 5.95. The molecule has 1 aromatic heterocycles. The minimum atomic E-state index is -5.08. The molecule has 15 heteroatoms. The Bertz CT molecular complexity index is 1500. The van der Waals surface area contributed by atoms with Crippen LogP contribution in [0.15, 0.2) is 54.6 Å². The van der Waals surface area contributed by atoms with Crippen LogP contribution in [-0.4, -0.2) is 75.5 Å². The molecule has 0 spiro atoms. The monoisotopic (exact) mass is 620 g/mol. The van der Waals surface area contributed by atoms with Crippen LogP contribution in [0.1, 0.15) is 35.5 Å². The van der Waals surface area contributed by atoms with Crippen LogP contribution in [0.2, 0.25) is 0 Å². The molecule has 236 valence electrons. The van der Waals surface area contributed by atoms with Gasteiger partial charge in [0.25, 0.3) is 5.91 Å². The fraction of sp³-hybridized carbons (Fsp3) is 0.345. The Labute approximate surface area is 249 Å². The summed E-state index contributed by atoms with van der Waals surface area (Å²) in [7, 11) is 0. The van der Waals surface area contributed by atoms with E-state index in [1.54, 1.807) is 43.6 Å². The number of alkyl halides is 3. The highest BCUT2D eigenvalue weighted by Crippen LogP contribution is 2.22. The number of nitrogens with one attached hydrogen (secondary N) is 2. The normalized spacial score (nSPS) is 16.1. The summed E-state index contributed by atoms with van der Waals surface area (Å²) < 4.78 is 42.9. The van der Waals surface area contributed by atoms with Crippen molar-refractivity contribution < 1.29 is 52.1 Å². The topological polar surface area (TPSA) is 167 Å². The lowest BCUT2D eigenvalue weighted by atomic mass is 10.0. The predicted octanol–water partition coefficient (Wildman–Crippen LogP) is 3.84. The molecule has 12 nitrogen and oxygen atoms in total. The molecule has 1 aliphatic heterocycles. The van der Waals surface area contributed by atoms with Crippen molar-refractivity contribution >= 4 is 34.8 Å². The molecule has 0 unspecified atom stereocenters. The smallest absolute Gasteiger partial charge is 0.489 e. The number of halogens is 3. The van der Waals surface area contributed by atoms with E-state index in [-0.39, 0.29) is 19.2 Å². The minimum absolute atomic E-state index is 0.0127. The van der Waals surface area contributed by atoms with E-state index < -0.39 is 42.0 Å². The molecule has 2 atom stereocenters. The summed E-state index contributed by atoms with van der Waals surface area (Å²) in [6.07, 6.45) is -5.99. The predicted molar refractivity (Wildman–Crippen MR) is 149 cm³/mol. The zero-order valence-corrected chi connectivity index (χ0v) is 23.9. The van der Waals surface area contributed by atoms with Crippen LogP contribution in [0, 0.1) is 12.8 Å². The maximum atomic E-state index is 12.9. The van der Waals surface area contributed by atoms with E-state index in [2.05, 4.69) is 10.3 Å². The van der Waals surface area contributed by atoms with Crippen molar-refractivity contribution in [1.82, 2.24) is 20.7 Å². The number of hydrogen-bond donors (Lipinski definition) is 4. The molecule has 1 aliphatic rings. The van der Waals surface area contributed by atoms with Crippen molar-refractivity contribution in [2.45, 2.75) is 45.7 Å². The Morgan fingerprint density at radius 2 is 1.70 bits per heavy atom. The van der Waals surface area contributed by atoms with Crippen LogP contribution >= 0.6 is 0 Å². The number of aliphatic carboxylic acids is 1. The van der Waals surface area contributed by atoms with Gasteiger partial charge in [-0.1, -0.05) is 18.2 Å². The molecule has 1 fully saturated rings. The molecule has 4 N–H and O–H groups in total. The van der Waals surface area contributed by atoms with Crippen LogP contribution in [0.3, 0.4) is 0 Å². The Kier molecular flexibility index (Phi) is 11.1. The third kappa shape index (κ3) is 9.04. The first-order valence-corrected chi connectivity index (χ1v) is 13.3. The van der Waals surface area contributed by atoms with Gasteiger partial charge in [0.05, 0.1) is 23.6 Å². The molecule has 1 saturated heterocycles. The number of amides is 3. The van der Waals surface area contributed by atoms with Gasteiger partial charge in [0.2, 0.25) is 5.91 Å². The highest BCUT2D eigenvalue weighted by Gasteiger charge is 2.41. The Morgan fingerprint density at radius 1 is 1.07 bits per heavy atom. The Hall–Kier alpha value is -4.92. The fourth-order valence-electron chi connectivity index (χ4n) is 4.35. The summed E-state index contributed by atoms with van der Waals surface area (Å²) in [5.41, 5.74) is 4.80. The third-order valence-electron chi connectivity index (χ3n) is 6.36. The van der Waals surface area contributed by atoms with Crippen molar-refractivity contribution in [3.05, 3.63) is 71.4 Å². The van der Waals surface area contributed by atoms with Crippen molar-refractivity contribution in [2.24, 2.45) is 5.92 Å². The first kappa shape index (κ1) is 33.6. The maximum absolute atomic E-state index is 12.9. The van der Waals surface area contributed by atoms with Crippen LogP contribution in [0.5, 0.6) is 5.75 Å². The lowest BCUT2D eigenvalue weighted by Gasteiger charge is -2.18. The van der Waals surface area contributed by atoms with Gasteiger partial charge >= 0.3 is 18.2 Å². The number of ether oxygens (including phenoxy) is 2. The molecule has 0 aliphatic carbocycles. The molecule has 0 bridgehead atoms. The quantitative estimate of drug-likeness (QED) is 0.227. The molecule has 44 heavy (non-hydrogen) atoms. The van der Waals surface area contributed by atoms with Gasteiger partial charge in [0.1, 0.15) is 12.4 Å². The molecule has 0 radical (unpaired) electrons. The van der Waals surface area contributed by atoms with Gasteiger partial charge in [-0.2, -0.15) is 13.2 Å². The summed E-state index contributed by atoms with van der Waals surface area (Å²) in [5, 5.41) is 20.0. The number of carbonyl (C=O) groups excluding carboxylic acids is 3. The van der Waals surface area contributed by atoms with Gasteiger partial charge in [0, 0.05) is 35.3 Å². The second-order valence-corrected chi connectivity index (χ2v) is 10.1. The third-order valence-corrected chi connectivity index (χ3v) is 6.36. The number of aryl methyl sites for hydroxylation is 1. The van der Waals surface area contributed by atoms with E-state index in [0.717, 1.165) is 22.2 Å². The summed E-state index contributed by atoms with van der Waals surface area (Å²) >= 11 is 0. The lowest BCUT2D eigenvalue weighted by Crippen LogP contribution is -2.45. The molecular formula is C29H31F3N4O8. The Balaban J connectivity index is 0.000000676. The van der Waals surface area contributed by atoms with Gasteiger partial charge in [0.15, 0.2) is 0 Å². The van der Waals surface area contributed by atoms with E-state index in [1.807, 2.05) is 37.3 Å². The van der Waals surface area contributed by atoms with Crippen molar-refractivity contribution in [3.63, 3.8) is 0 Å². The number of hydroxylamine groups is 1. The van der Waals surface area contributed by atoms with Gasteiger partial charge in [-0.25, -0.2) is 15.1 Å². The Morgan fingerprint density at radius 3 is 2.30 bits per heavy atom. The number of para-hydroxylation sites is 1. The molecular weight excluding hydrogens is 589 g/mol. The van der Waals surface area contributed by atoms with E-state index in [9.17, 15) is 27.6 Å². The summed E-state index contributed by atoms with van der Waals surface area (Å²) in [5.74, 6) is -4.09. The average molecular weight is 621 g/mol. The molecule has 3 aromatic rings. The summed E-state index contributed by atoms with van der Waals surface area (Å²) in [6, 6.07) is 15.8. The maximum Gasteiger partial charge on any atom is 0.490 e. The molecule has 3 amide bonds. The van der Waals surface area contributed by atoms with Gasteiger partial charge in [-0.15, -0.1) is 0 Å². The number of carbonyl (C=O) groups is 4. The van der Waals surface area contributed by atoms with E-state index in [0.29, 0.717) is 17.9 Å².